The molecule has 1 aromatic heterocycles. The first-order chi connectivity index (χ1) is 10.0. The van der Waals surface area contributed by atoms with Crippen molar-refractivity contribution in [3.63, 3.8) is 0 Å². The summed E-state index contributed by atoms with van der Waals surface area (Å²) in [6.45, 7) is 8.57. The molecule has 2 bridgehead atoms. The smallest absolute Gasteiger partial charge is 0.169 e. The molecule has 114 valence electrons. The molecule has 0 N–H and O–H groups in total. The van der Waals surface area contributed by atoms with Gasteiger partial charge in [-0.1, -0.05) is 18.2 Å². The molecule has 21 heavy (non-hydrogen) atoms. The van der Waals surface area contributed by atoms with Gasteiger partial charge in [0, 0.05) is 11.7 Å². The largest absolute Gasteiger partial charge is 0.320 e. The van der Waals surface area contributed by atoms with E-state index in [-0.39, 0.29) is 5.25 Å². The average molecular weight is 303 g/mol. The Bertz CT molecular complexity index is 571. The van der Waals surface area contributed by atoms with Crippen LogP contribution in [0, 0.1) is 42.9 Å². The van der Waals surface area contributed by atoms with Crippen molar-refractivity contribution < 1.29 is 0 Å². The summed E-state index contributed by atoms with van der Waals surface area (Å²) in [5.41, 5.74) is 2.38. The highest BCUT2D eigenvalue weighted by atomic mass is 32.2. The lowest BCUT2D eigenvalue weighted by atomic mass is 9.84. The number of hydrogen-bond acceptors (Lipinski definition) is 3. The van der Waals surface area contributed by atoms with E-state index in [0.29, 0.717) is 6.04 Å². The SMILES string of the molecule is Cc1nc(S[C@H](C)C#N)n([C@H](C)[C@@H]2C[C@H]3CC[C@H]2C3)c1C. The Morgan fingerprint density at radius 2 is 2.05 bits per heavy atom. The van der Waals surface area contributed by atoms with Crippen LogP contribution in [-0.4, -0.2) is 14.8 Å². The number of hydrogen-bond donors (Lipinski definition) is 0. The third-order valence-electron chi connectivity index (χ3n) is 5.64. The molecule has 0 radical (unpaired) electrons. The number of imidazole rings is 1. The fourth-order valence-electron chi connectivity index (χ4n) is 4.42. The predicted octanol–water partition coefficient (Wildman–Crippen LogP) is 4.50. The minimum Gasteiger partial charge on any atom is -0.320 e. The number of thioether (sulfide) groups is 1. The second kappa shape index (κ2) is 5.68. The molecular formula is C17H25N3S. The molecule has 0 aliphatic heterocycles. The van der Waals surface area contributed by atoms with Crippen molar-refractivity contribution in [1.29, 1.82) is 5.26 Å². The molecule has 0 aromatic carbocycles. The lowest BCUT2D eigenvalue weighted by Gasteiger charge is -2.30. The van der Waals surface area contributed by atoms with Crippen LogP contribution in [0.25, 0.3) is 0 Å². The molecular weight excluding hydrogens is 278 g/mol. The number of fused-ring (bicyclic) bond motifs is 2. The Morgan fingerprint density at radius 3 is 2.62 bits per heavy atom. The zero-order valence-corrected chi connectivity index (χ0v) is 14.3. The van der Waals surface area contributed by atoms with Crippen LogP contribution in [0.4, 0.5) is 0 Å². The van der Waals surface area contributed by atoms with Crippen LogP contribution < -0.4 is 0 Å². The summed E-state index contributed by atoms with van der Waals surface area (Å²) < 4.78 is 2.42. The Labute approximate surface area is 132 Å². The van der Waals surface area contributed by atoms with E-state index in [1.807, 2.05) is 6.92 Å². The van der Waals surface area contributed by atoms with Gasteiger partial charge in [0.15, 0.2) is 5.16 Å². The van der Waals surface area contributed by atoms with Crippen LogP contribution in [0.5, 0.6) is 0 Å². The van der Waals surface area contributed by atoms with Crippen molar-refractivity contribution in [2.24, 2.45) is 17.8 Å². The van der Waals surface area contributed by atoms with Gasteiger partial charge < -0.3 is 4.57 Å². The molecule has 5 atom stereocenters. The molecule has 2 aliphatic rings. The summed E-state index contributed by atoms with van der Waals surface area (Å²) >= 11 is 1.60. The van der Waals surface area contributed by atoms with Gasteiger partial charge in [-0.3, -0.25) is 0 Å². The van der Waals surface area contributed by atoms with Gasteiger partial charge in [-0.05, 0) is 64.7 Å². The van der Waals surface area contributed by atoms with Crippen LogP contribution in [-0.2, 0) is 0 Å². The molecule has 3 rings (SSSR count). The Hall–Kier alpha value is -0.950. The van der Waals surface area contributed by atoms with Crippen LogP contribution in [0.15, 0.2) is 5.16 Å². The first-order valence-corrected chi connectivity index (χ1v) is 9.01. The number of nitriles is 1. The molecule has 2 aliphatic carbocycles. The van der Waals surface area contributed by atoms with E-state index in [4.69, 9.17) is 10.2 Å². The van der Waals surface area contributed by atoms with Gasteiger partial charge in [-0.2, -0.15) is 5.26 Å². The summed E-state index contributed by atoms with van der Waals surface area (Å²) in [5, 5.41) is 10.1. The van der Waals surface area contributed by atoms with Gasteiger partial charge in [-0.25, -0.2) is 4.98 Å². The monoisotopic (exact) mass is 303 g/mol. The van der Waals surface area contributed by atoms with E-state index in [1.54, 1.807) is 11.8 Å². The minimum atomic E-state index is -0.0443. The third kappa shape index (κ3) is 2.61. The third-order valence-corrected chi connectivity index (χ3v) is 6.60. The molecule has 0 spiro atoms. The highest BCUT2D eigenvalue weighted by Gasteiger charge is 2.43. The van der Waals surface area contributed by atoms with E-state index >= 15 is 0 Å². The fraction of sp³-hybridized carbons (Fsp3) is 0.765. The van der Waals surface area contributed by atoms with Gasteiger partial charge in [-0.15, -0.1) is 0 Å². The Balaban J connectivity index is 1.88. The first-order valence-electron chi connectivity index (χ1n) is 8.13. The molecule has 3 nitrogen and oxygen atoms in total. The highest BCUT2D eigenvalue weighted by molar-refractivity contribution is 8.00. The van der Waals surface area contributed by atoms with Gasteiger partial charge in [0.25, 0.3) is 0 Å². The number of aryl methyl sites for hydroxylation is 1. The number of rotatable bonds is 4. The molecule has 0 saturated heterocycles. The van der Waals surface area contributed by atoms with E-state index in [9.17, 15) is 0 Å². The topological polar surface area (TPSA) is 41.6 Å². The molecule has 0 amide bonds. The fourth-order valence-corrected chi connectivity index (χ4v) is 5.39. The zero-order chi connectivity index (χ0) is 15.1. The summed E-state index contributed by atoms with van der Waals surface area (Å²) in [7, 11) is 0. The molecule has 1 aromatic rings. The maximum absolute atomic E-state index is 9.09. The number of aromatic nitrogens is 2. The van der Waals surface area contributed by atoms with Crippen LogP contribution >= 0.6 is 11.8 Å². The van der Waals surface area contributed by atoms with Crippen LogP contribution in [0.1, 0.15) is 57.0 Å². The lowest BCUT2D eigenvalue weighted by molar-refractivity contribution is 0.232. The van der Waals surface area contributed by atoms with E-state index < -0.39 is 0 Å². The summed E-state index contributed by atoms with van der Waals surface area (Å²) in [5.74, 6) is 2.69. The Morgan fingerprint density at radius 1 is 1.29 bits per heavy atom. The van der Waals surface area contributed by atoms with Crippen LogP contribution in [0.3, 0.4) is 0 Å². The molecule has 1 heterocycles. The first kappa shape index (κ1) is 15.0. The van der Waals surface area contributed by atoms with E-state index in [1.165, 1.54) is 31.4 Å². The van der Waals surface area contributed by atoms with Gasteiger partial charge in [0.2, 0.25) is 0 Å². The van der Waals surface area contributed by atoms with E-state index in [2.05, 4.69) is 31.4 Å². The summed E-state index contributed by atoms with van der Waals surface area (Å²) in [6.07, 6.45) is 5.70. The quantitative estimate of drug-likeness (QED) is 0.769. The normalized spacial score (nSPS) is 30.3. The summed E-state index contributed by atoms with van der Waals surface area (Å²) in [4.78, 5) is 4.73. The second-order valence-corrected chi connectivity index (χ2v) is 8.21. The van der Waals surface area contributed by atoms with Crippen molar-refractivity contribution in [2.75, 3.05) is 0 Å². The lowest BCUT2D eigenvalue weighted by Crippen LogP contribution is -2.23. The predicted molar refractivity (Wildman–Crippen MR) is 86.3 cm³/mol. The molecule has 0 unspecified atom stereocenters. The van der Waals surface area contributed by atoms with Crippen molar-refractivity contribution in [1.82, 2.24) is 9.55 Å². The molecule has 4 heteroatoms. The van der Waals surface area contributed by atoms with Crippen molar-refractivity contribution in [3.8, 4) is 6.07 Å². The second-order valence-electron chi connectivity index (χ2n) is 6.90. The van der Waals surface area contributed by atoms with Gasteiger partial charge >= 0.3 is 0 Å². The van der Waals surface area contributed by atoms with Gasteiger partial charge in [0.05, 0.1) is 17.0 Å². The highest BCUT2D eigenvalue weighted by Crippen LogP contribution is 2.52. The molecule has 2 fully saturated rings. The van der Waals surface area contributed by atoms with Crippen LogP contribution in [0.2, 0.25) is 0 Å². The van der Waals surface area contributed by atoms with Crippen molar-refractivity contribution >= 4 is 11.8 Å². The minimum absolute atomic E-state index is 0.0443. The maximum atomic E-state index is 9.09. The standard InChI is InChI=1S/C17H25N3S/c1-10(9-18)21-17-19-11(2)12(3)20(17)13(4)16-8-14-5-6-15(16)7-14/h10,13-16H,5-8H2,1-4H3/t10-,13-,14+,15+,16+/m1/s1. The Kier molecular flexibility index (Phi) is 4.05. The van der Waals surface area contributed by atoms with Gasteiger partial charge in [0.1, 0.15) is 0 Å². The zero-order valence-electron chi connectivity index (χ0n) is 13.5. The van der Waals surface area contributed by atoms with E-state index in [0.717, 1.165) is 28.6 Å². The van der Waals surface area contributed by atoms with Crippen molar-refractivity contribution in [3.05, 3.63) is 11.4 Å². The van der Waals surface area contributed by atoms with Crippen molar-refractivity contribution in [2.45, 2.75) is 69.8 Å². The summed E-state index contributed by atoms with van der Waals surface area (Å²) in [6, 6.07) is 2.82. The number of nitrogens with zero attached hydrogens (tertiary/aromatic N) is 3. The molecule has 2 saturated carbocycles. The average Bonchev–Trinajstić information content (AvgIpc) is 3.14. The maximum Gasteiger partial charge on any atom is 0.169 e.